The Morgan fingerprint density at radius 3 is 2.68 bits per heavy atom. The van der Waals surface area contributed by atoms with Gasteiger partial charge in [0, 0.05) is 19.3 Å². The maximum Gasteiger partial charge on any atom is 0.305 e. The number of carboxylic acid groups (broad SMARTS) is 1. The molecule has 0 aliphatic heterocycles. The first-order valence-corrected chi connectivity index (χ1v) is 6.01. The molecule has 0 aliphatic rings. The van der Waals surface area contributed by atoms with E-state index in [0.717, 1.165) is 11.5 Å². The summed E-state index contributed by atoms with van der Waals surface area (Å²) in [7, 11) is 1.87. The van der Waals surface area contributed by atoms with Crippen molar-refractivity contribution in [2.45, 2.75) is 13.0 Å². The van der Waals surface area contributed by atoms with Crippen LogP contribution in [0.3, 0.4) is 0 Å². The van der Waals surface area contributed by atoms with Gasteiger partial charge in [-0.25, -0.2) is 0 Å². The lowest BCUT2D eigenvalue weighted by molar-refractivity contribution is -0.136. The molecule has 0 bridgehead atoms. The second-order valence-corrected chi connectivity index (χ2v) is 4.26. The number of aliphatic carboxylic acids is 1. The number of carbonyl (C=O) groups is 1. The van der Waals surface area contributed by atoms with Crippen LogP contribution in [0.4, 0.5) is 5.69 Å². The molecule has 1 aromatic carbocycles. The summed E-state index contributed by atoms with van der Waals surface area (Å²) in [5, 5.41) is 16.7. The Kier molecular flexibility index (Phi) is 4.12. The Morgan fingerprint density at radius 2 is 2.11 bits per heavy atom. The van der Waals surface area contributed by atoms with E-state index < -0.39 is 5.97 Å². The summed E-state index contributed by atoms with van der Waals surface area (Å²) in [5.74, 6) is -0.00635. The van der Waals surface area contributed by atoms with Gasteiger partial charge in [-0.05, 0) is 12.1 Å². The highest BCUT2D eigenvalue weighted by molar-refractivity contribution is 5.67. The fraction of sp³-hybridized carbons (Fsp3) is 0.308. The zero-order valence-corrected chi connectivity index (χ0v) is 10.7. The molecule has 100 valence electrons. The summed E-state index contributed by atoms with van der Waals surface area (Å²) < 4.78 is 1.83. The highest BCUT2D eigenvalue weighted by Crippen LogP contribution is 2.16. The minimum atomic E-state index is -0.807. The van der Waals surface area contributed by atoms with Crippen LogP contribution in [0.1, 0.15) is 12.2 Å². The minimum Gasteiger partial charge on any atom is -0.481 e. The third kappa shape index (κ3) is 3.54. The topological polar surface area (TPSA) is 71.2 Å². The van der Waals surface area contributed by atoms with Crippen LogP contribution in [0.5, 0.6) is 0 Å². The van der Waals surface area contributed by atoms with Crippen LogP contribution in [0.15, 0.2) is 36.7 Å². The molecule has 2 aromatic rings. The Hall–Kier alpha value is -2.37. The maximum absolute atomic E-state index is 10.7. The van der Waals surface area contributed by atoms with Crippen LogP contribution in [-0.4, -0.2) is 32.4 Å². The number of para-hydroxylation sites is 1. The van der Waals surface area contributed by atoms with E-state index in [9.17, 15) is 4.79 Å². The third-order valence-electron chi connectivity index (χ3n) is 2.85. The molecular weight excluding hydrogens is 244 g/mol. The van der Waals surface area contributed by atoms with Gasteiger partial charge in [0.15, 0.2) is 5.82 Å². The molecule has 1 heterocycles. The van der Waals surface area contributed by atoms with E-state index in [-0.39, 0.29) is 6.42 Å². The molecule has 0 unspecified atom stereocenters. The van der Waals surface area contributed by atoms with Crippen LogP contribution < -0.4 is 4.90 Å². The molecule has 0 atom stereocenters. The van der Waals surface area contributed by atoms with Gasteiger partial charge in [0.1, 0.15) is 6.33 Å². The highest BCUT2D eigenvalue weighted by atomic mass is 16.4. The number of hydrogen-bond acceptors (Lipinski definition) is 4. The van der Waals surface area contributed by atoms with Gasteiger partial charge in [-0.1, -0.05) is 18.2 Å². The SMILES string of the molecule is Cn1cnnc1CN(CCC(=O)O)c1ccccc1. The van der Waals surface area contributed by atoms with Crippen molar-refractivity contribution in [3.8, 4) is 0 Å². The largest absolute Gasteiger partial charge is 0.481 e. The van der Waals surface area contributed by atoms with Crippen molar-refractivity contribution < 1.29 is 9.90 Å². The van der Waals surface area contributed by atoms with E-state index in [0.29, 0.717) is 13.1 Å². The standard InChI is InChI=1S/C13H16N4O2/c1-16-10-14-15-12(16)9-17(8-7-13(18)19)11-5-3-2-4-6-11/h2-6,10H,7-9H2,1H3,(H,18,19). The summed E-state index contributed by atoms with van der Waals surface area (Å²) in [5.41, 5.74) is 0.978. The maximum atomic E-state index is 10.7. The molecule has 1 aromatic heterocycles. The lowest BCUT2D eigenvalue weighted by atomic mass is 10.2. The number of hydrogen-bond donors (Lipinski definition) is 1. The van der Waals surface area contributed by atoms with Crippen molar-refractivity contribution in [2.24, 2.45) is 7.05 Å². The summed E-state index contributed by atoms with van der Waals surface area (Å²) in [6.45, 7) is 0.972. The van der Waals surface area contributed by atoms with Gasteiger partial charge >= 0.3 is 5.97 Å². The van der Waals surface area contributed by atoms with Crippen molar-refractivity contribution in [2.75, 3.05) is 11.4 Å². The smallest absolute Gasteiger partial charge is 0.305 e. The van der Waals surface area contributed by atoms with E-state index in [1.165, 1.54) is 0 Å². The van der Waals surface area contributed by atoms with Crippen molar-refractivity contribution in [1.82, 2.24) is 14.8 Å². The van der Waals surface area contributed by atoms with E-state index in [4.69, 9.17) is 5.11 Å². The van der Waals surface area contributed by atoms with E-state index in [2.05, 4.69) is 10.2 Å². The number of anilines is 1. The average Bonchev–Trinajstić information content (AvgIpc) is 2.81. The zero-order valence-electron chi connectivity index (χ0n) is 10.7. The molecule has 6 nitrogen and oxygen atoms in total. The lowest BCUT2D eigenvalue weighted by Gasteiger charge is -2.23. The van der Waals surface area contributed by atoms with Crippen molar-refractivity contribution in [1.29, 1.82) is 0 Å². The highest BCUT2D eigenvalue weighted by Gasteiger charge is 2.12. The normalized spacial score (nSPS) is 10.4. The molecule has 0 fully saturated rings. The molecule has 0 amide bonds. The molecule has 0 radical (unpaired) electrons. The monoisotopic (exact) mass is 260 g/mol. The van der Waals surface area contributed by atoms with Crippen molar-refractivity contribution in [3.05, 3.63) is 42.5 Å². The summed E-state index contributed by atoms with van der Waals surface area (Å²) >= 11 is 0. The first kappa shape index (κ1) is 13.1. The Morgan fingerprint density at radius 1 is 1.37 bits per heavy atom. The van der Waals surface area contributed by atoms with Crippen LogP contribution in [0.2, 0.25) is 0 Å². The van der Waals surface area contributed by atoms with Gasteiger partial charge < -0.3 is 14.6 Å². The first-order valence-electron chi connectivity index (χ1n) is 6.01. The lowest BCUT2D eigenvalue weighted by Crippen LogP contribution is -2.27. The predicted octanol–water partition coefficient (Wildman–Crippen LogP) is 1.30. The summed E-state index contributed by atoms with van der Waals surface area (Å²) in [6.07, 6.45) is 1.72. The van der Waals surface area contributed by atoms with Gasteiger partial charge in [-0.3, -0.25) is 4.79 Å². The van der Waals surface area contributed by atoms with Crippen LogP contribution in [0.25, 0.3) is 0 Å². The Bertz CT molecular complexity index is 539. The van der Waals surface area contributed by atoms with Crippen molar-refractivity contribution >= 4 is 11.7 Å². The molecule has 0 spiro atoms. The first-order chi connectivity index (χ1) is 9.16. The predicted molar refractivity (Wildman–Crippen MR) is 70.7 cm³/mol. The quantitative estimate of drug-likeness (QED) is 0.847. The number of nitrogens with zero attached hydrogens (tertiary/aromatic N) is 4. The number of rotatable bonds is 6. The molecule has 0 aliphatic carbocycles. The molecule has 1 N–H and O–H groups in total. The molecule has 0 saturated heterocycles. The molecule has 2 rings (SSSR count). The van der Waals surface area contributed by atoms with E-state index in [1.807, 2.05) is 46.8 Å². The van der Waals surface area contributed by atoms with E-state index in [1.54, 1.807) is 6.33 Å². The zero-order chi connectivity index (χ0) is 13.7. The van der Waals surface area contributed by atoms with Crippen LogP contribution in [0, 0.1) is 0 Å². The van der Waals surface area contributed by atoms with E-state index >= 15 is 0 Å². The third-order valence-corrected chi connectivity index (χ3v) is 2.85. The van der Waals surface area contributed by atoms with Gasteiger partial charge in [-0.15, -0.1) is 10.2 Å². The average molecular weight is 260 g/mol. The van der Waals surface area contributed by atoms with Crippen molar-refractivity contribution in [3.63, 3.8) is 0 Å². The Labute approximate surface area is 111 Å². The van der Waals surface area contributed by atoms with Crippen LogP contribution >= 0.6 is 0 Å². The minimum absolute atomic E-state index is 0.0900. The molecular formula is C13H16N4O2. The number of aromatic nitrogens is 3. The van der Waals surface area contributed by atoms with Crippen LogP contribution in [-0.2, 0) is 18.4 Å². The number of aryl methyl sites for hydroxylation is 1. The fourth-order valence-electron chi connectivity index (χ4n) is 1.79. The fourth-order valence-corrected chi connectivity index (χ4v) is 1.79. The molecule has 6 heteroatoms. The second kappa shape index (κ2) is 5.99. The van der Waals surface area contributed by atoms with Gasteiger partial charge in [0.2, 0.25) is 0 Å². The molecule has 19 heavy (non-hydrogen) atoms. The number of benzene rings is 1. The van der Waals surface area contributed by atoms with Gasteiger partial charge in [-0.2, -0.15) is 0 Å². The van der Waals surface area contributed by atoms with Gasteiger partial charge in [0.05, 0.1) is 13.0 Å². The van der Waals surface area contributed by atoms with Gasteiger partial charge in [0.25, 0.3) is 0 Å². The second-order valence-electron chi connectivity index (χ2n) is 4.26. The Balaban J connectivity index is 2.15. The summed E-state index contributed by atoms with van der Waals surface area (Å²) in [6, 6.07) is 9.71. The number of carboxylic acids is 1. The summed E-state index contributed by atoms with van der Waals surface area (Å²) in [4.78, 5) is 12.7. The molecule has 0 saturated carbocycles.